The van der Waals surface area contributed by atoms with E-state index in [-0.39, 0.29) is 11.8 Å². The molecule has 1 aliphatic rings. The van der Waals surface area contributed by atoms with Gasteiger partial charge in [-0.3, -0.25) is 4.90 Å². The normalized spacial score (nSPS) is 19.0. The van der Waals surface area contributed by atoms with E-state index in [2.05, 4.69) is 35.7 Å². The smallest absolute Gasteiger partial charge is 0.161 e. The number of aryl methyl sites for hydroxylation is 1. The van der Waals surface area contributed by atoms with Crippen LogP contribution >= 0.6 is 15.9 Å². The molecule has 2 heterocycles. The summed E-state index contributed by atoms with van der Waals surface area (Å²) in [5.74, 6) is 1.68. The average Bonchev–Trinajstić information content (AvgIpc) is 2.97. The van der Waals surface area contributed by atoms with E-state index in [1.54, 1.807) is 13.2 Å². The van der Waals surface area contributed by atoms with Crippen molar-refractivity contribution in [1.29, 1.82) is 0 Å². The predicted molar refractivity (Wildman–Crippen MR) is 91.6 cm³/mol. The molecule has 0 spiro atoms. The van der Waals surface area contributed by atoms with Gasteiger partial charge in [0.2, 0.25) is 0 Å². The van der Waals surface area contributed by atoms with Crippen LogP contribution < -0.4 is 10.1 Å². The molecule has 6 nitrogen and oxygen atoms in total. The number of hydrogen-bond donors (Lipinski definition) is 2. The number of phenolic OH excluding ortho intramolecular Hbond substituents is 1. The standard InChI is InChI=1S/C16H21BrN4O2/c1-20-5-4-19-16(20)13-9-18-3-6-21(13)10-11-7-14(22)15(23-2)8-12(11)17/h4-5,7-8,13,18,22H,3,6,9-10H2,1-2H3. The highest BCUT2D eigenvalue weighted by Crippen LogP contribution is 2.34. The highest BCUT2D eigenvalue weighted by atomic mass is 79.9. The second-order valence-corrected chi connectivity index (χ2v) is 6.56. The van der Waals surface area contributed by atoms with E-state index >= 15 is 0 Å². The molecule has 7 heteroatoms. The van der Waals surface area contributed by atoms with Crippen LogP contribution in [0.3, 0.4) is 0 Å². The first-order valence-corrected chi connectivity index (χ1v) is 8.37. The van der Waals surface area contributed by atoms with Gasteiger partial charge in [0, 0.05) is 50.1 Å². The lowest BCUT2D eigenvalue weighted by atomic mass is 10.1. The minimum atomic E-state index is 0.161. The van der Waals surface area contributed by atoms with Crippen molar-refractivity contribution < 1.29 is 9.84 Å². The highest BCUT2D eigenvalue weighted by Gasteiger charge is 2.27. The topological polar surface area (TPSA) is 62.5 Å². The van der Waals surface area contributed by atoms with Crippen molar-refractivity contribution in [1.82, 2.24) is 19.8 Å². The van der Waals surface area contributed by atoms with Gasteiger partial charge in [-0.1, -0.05) is 15.9 Å². The Morgan fingerprint density at radius 2 is 2.30 bits per heavy atom. The van der Waals surface area contributed by atoms with Gasteiger partial charge in [-0.05, 0) is 17.7 Å². The van der Waals surface area contributed by atoms with Crippen LogP contribution in [0.2, 0.25) is 0 Å². The zero-order valence-corrected chi connectivity index (χ0v) is 14.9. The lowest BCUT2D eigenvalue weighted by Crippen LogP contribution is -2.46. The van der Waals surface area contributed by atoms with Gasteiger partial charge in [-0.25, -0.2) is 4.98 Å². The molecule has 23 heavy (non-hydrogen) atoms. The third-order valence-corrected chi connectivity index (χ3v) is 4.97. The number of aromatic hydroxyl groups is 1. The Labute approximate surface area is 144 Å². The molecule has 1 aliphatic heterocycles. The van der Waals surface area contributed by atoms with Gasteiger partial charge in [0.1, 0.15) is 5.82 Å². The number of hydrogen-bond acceptors (Lipinski definition) is 5. The van der Waals surface area contributed by atoms with Crippen LogP contribution in [0, 0.1) is 0 Å². The van der Waals surface area contributed by atoms with Gasteiger partial charge in [0.25, 0.3) is 0 Å². The molecule has 0 radical (unpaired) electrons. The van der Waals surface area contributed by atoms with Crippen molar-refractivity contribution in [3.05, 3.63) is 40.4 Å². The summed E-state index contributed by atoms with van der Waals surface area (Å²) in [4.78, 5) is 6.88. The summed E-state index contributed by atoms with van der Waals surface area (Å²) >= 11 is 3.58. The summed E-state index contributed by atoms with van der Waals surface area (Å²) in [5, 5.41) is 13.5. The van der Waals surface area contributed by atoms with Crippen molar-refractivity contribution in [2.75, 3.05) is 26.7 Å². The molecule has 124 valence electrons. The zero-order chi connectivity index (χ0) is 16.4. The molecule has 2 aromatic rings. The maximum absolute atomic E-state index is 10.0. The van der Waals surface area contributed by atoms with Crippen molar-refractivity contribution in [2.24, 2.45) is 7.05 Å². The second kappa shape index (κ2) is 6.90. The van der Waals surface area contributed by atoms with Gasteiger partial charge < -0.3 is 19.7 Å². The van der Waals surface area contributed by atoms with Crippen molar-refractivity contribution in [2.45, 2.75) is 12.6 Å². The number of imidazole rings is 1. The van der Waals surface area contributed by atoms with E-state index in [1.807, 2.05) is 25.5 Å². The molecule has 1 saturated heterocycles. The lowest BCUT2D eigenvalue weighted by Gasteiger charge is -2.36. The Kier molecular flexibility index (Phi) is 4.89. The first kappa shape index (κ1) is 16.3. The molecule has 1 fully saturated rings. The maximum atomic E-state index is 10.0. The summed E-state index contributed by atoms with van der Waals surface area (Å²) in [6.07, 6.45) is 3.80. The molecule has 2 N–H and O–H groups in total. The number of benzene rings is 1. The summed E-state index contributed by atoms with van der Waals surface area (Å²) in [5.41, 5.74) is 1.03. The van der Waals surface area contributed by atoms with Gasteiger partial charge in [0.05, 0.1) is 13.2 Å². The maximum Gasteiger partial charge on any atom is 0.161 e. The van der Waals surface area contributed by atoms with Gasteiger partial charge in [0.15, 0.2) is 11.5 Å². The minimum absolute atomic E-state index is 0.161. The fourth-order valence-electron chi connectivity index (χ4n) is 2.98. The van der Waals surface area contributed by atoms with E-state index in [0.717, 1.165) is 42.0 Å². The van der Waals surface area contributed by atoms with Crippen molar-refractivity contribution >= 4 is 15.9 Å². The highest BCUT2D eigenvalue weighted by molar-refractivity contribution is 9.10. The third-order valence-electron chi connectivity index (χ3n) is 4.23. The number of halogens is 1. The van der Waals surface area contributed by atoms with Gasteiger partial charge in [-0.15, -0.1) is 0 Å². The Morgan fingerprint density at radius 3 is 3.00 bits per heavy atom. The molecule has 3 rings (SSSR count). The minimum Gasteiger partial charge on any atom is -0.504 e. The lowest BCUT2D eigenvalue weighted by molar-refractivity contribution is 0.144. The SMILES string of the molecule is COc1cc(Br)c(CN2CCNCC2c2nccn2C)cc1O. The summed E-state index contributed by atoms with van der Waals surface area (Å²) in [7, 11) is 3.57. The molecule has 1 aromatic heterocycles. The molecule has 1 unspecified atom stereocenters. The first-order chi connectivity index (χ1) is 11.1. The Bertz CT molecular complexity index is 689. The second-order valence-electron chi connectivity index (χ2n) is 5.70. The van der Waals surface area contributed by atoms with E-state index in [9.17, 15) is 5.11 Å². The number of nitrogens with one attached hydrogen (secondary N) is 1. The molecule has 0 saturated carbocycles. The average molecular weight is 381 g/mol. The fraction of sp³-hybridized carbons (Fsp3) is 0.438. The van der Waals surface area contributed by atoms with Crippen LogP contribution in [0.4, 0.5) is 0 Å². The third kappa shape index (κ3) is 3.36. The molecule has 1 atom stereocenters. The molecule has 0 bridgehead atoms. The number of rotatable bonds is 4. The van der Waals surface area contributed by atoms with Gasteiger partial charge in [-0.2, -0.15) is 0 Å². The summed E-state index contributed by atoms with van der Waals surface area (Å²) < 4.78 is 8.14. The Balaban J connectivity index is 1.85. The van der Waals surface area contributed by atoms with Crippen molar-refractivity contribution in [3.8, 4) is 11.5 Å². The van der Waals surface area contributed by atoms with Crippen molar-refractivity contribution in [3.63, 3.8) is 0 Å². The van der Waals surface area contributed by atoms with Crippen LogP contribution in [-0.2, 0) is 13.6 Å². The van der Waals surface area contributed by atoms with Gasteiger partial charge >= 0.3 is 0 Å². The predicted octanol–water partition coefficient (Wildman–Crippen LogP) is 2.04. The number of methoxy groups -OCH3 is 1. The fourth-order valence-corrected chi connectivity index (χ4v) is 3.43. The quantitative estimate of drug-likeness (QED) is 0.849. The van der Waals surface area contributed by atoms with Crippen LogP contribution in [0.5, 0.6) is 11.5 Å². The van der Waals surface area contributed by atoms with Crippen LogP contribution in [0.1, 0.15) is 17.4 Å². The largest absolute Gasteiger partial charge is 0.504 e. The molecular weight excluding hydrogens is 360 g/mol. The van der Waals surface area contributed by atoms with E-state index in [4.69, 9.17) is 4.74 Å². The number of aromatic nitrogens is 2. The summed E-state index contributed by atoms with van der Waals surface area (Å²) in [6.45, 7) is 3.47. The van der Waals surface area contributed by atoms with Crippen LogP contribution in [0.25, 0.3) is 0 Å². The van der Waals surface area contributed by atoms with Crippen LogP contribution in [0.15, 0.2) is 29.0 Å². The zero-order valence-electron chi connectivity index (χ0n) is 13.3. The molecule has 0 amide bonds. The molecular formula is C16H21BrN4O2. The van der Waals surface area contributed by atoms with Crippen LogP contribution in [-0.4, -0.2) is 46.3 Å². The number of piperazine rings is 1. The molecule has 1 aromatic carbocycles. The Morgan fingerprint density at radius 1 is 1.48 bits per heavy atom. The molecule has 0 aliphatic carbocycles. The number of nitrogens with zero attached hydrogens (tertiary/aromatic N) is 3. The van der Waals surface area contributed by atoms with E-state index in [0.29, 0.717) is 5.75 Å². The van der Waals surface area contributed by atoms with E-state index in [1.165, 1.54) is 0 Å². The number of phenols is 1. The Hall–Kier alpha value is -1.57. The number of ether oxygens (including phenoxy) is 1. The first-order valence-electron chi connectivity index (χ1n) is 7.57. The van der Waals surface area contributed by atoms with E-state index < -0.39 is 0 Å². The summed E-state index contributed by atoms with van der Waals surface area (Å²) in [6, 6.07) is 3.78. The monoisotopic (exact) mass is 380 g/mol.